The minimum Gasteiger partial charge on any atom is -0.457 e. The predicted octanol–water partition coefficient (Wildman–Crippen LogP) is 3.39. The van der Waals surface area contributed by atoms with Crippen molar-refractivity contribution >= 4 is 23.6 Å². The molecule has 23 heavy (non-hydrogen) atoms. The molecule has 1 aliphatic heterocycles. The molecular weight excluding hydrogens is 312 g/mol. The molecule has 1 fully saturated rings. The summed E-state index contributed by atoms with van der Waals surface area (Å²) in [6.45, 7) is 3.38. The van der Waals surface area contributed by atoms with E-state index in [-0.39, 0.29) is 5.91 Å². The number of carbonyl (C=O) groups is 1. The van der Waals surface area contributed by atoms with Crippen molar-refractivity contribution in [3.05, 3.63) is 53.3 Å². The van der Waals surface area contributed by atoms with Gasteiger partial charge in [0.15, 0.2) is 0 Å². The second-order valence-corrected chi connectivity index (χ2v) is 6.11. The first-order valence-electron chi connectivity index (χ1n) is 7.63. The summed E-state index contributed by atoms with van der Waals surface area (Å²) in [7, 11) is 2.07. The Kier molecular flexibility index (Phi) is 4.84. The van der Waals surface area contributed by atoms with E-state index in [9.17, 15) is 4.79 Å². The summed E-state index contributed by atoms with van der Waals surface area (Å²) in [6, 6.07) is 11.2. The molecular formula is C18H19ClN2O2. The summed E-state index contributed by atoms with van der Waals surface area (Å²) in [5.74, 6) is 1.45. The minimum absolute atomic E-state index is 0.0301. The van der Waals surface area contributed by atoms with E-state index in [0.717, 1.165) is 37.5 Å². The molecule has 1 amide bonds. The van der Waals surface area contributed by atoms with Crippen LogP contribution in [0, 0.1) is 0 Å². The molecule has 0 saturated carbocycles. The molecule has 0 aliphatic carbocycles. The second kappa shape index (κ2) is 7.02. The van der Waals surface area contributed by atoms with Crippen molar-refractivity contribution in [2.75, 3.05) is 33.2 Å². The lowest BCUT2D eigenvalue weighted by atomic mass is 10.2. The largest absolute Gasteiger partial charge is 0.457 e. The zero-order chi connectivity index (χ0) is 16.2. The van der Waals surface area contributed by atoms with Gasteiger partial charge in [0.25, 0.3) is 0 Å². The average Bonchev–Trinajstić information content (AvgIpc) is 3.03. The van der Waals surface area contributed by atoms with Gasteiger partial charge in [0.2, 0.25) is 5.91 Å². The smallest absolute Gasteiger partial charge is 0.246 e. The van der Waals surface area contributed by atoms with Gasteiger partial charge < -0.3 is 14.2 Å². The molecule has 0 bridgehead atoms. The molecule has 2 heterocycles. The van der Waals surface area contributed by atoms with E-state index in [0.29, 0.717) is 10.8 Å². The summed E-state index contributed by atoms with van der Waals surface area (Å²) in [4.78, 5) is 16.2. The highest BCUT2D eigenvalue weighted by atomic mass is 35.5. The quantitative estimate of drug-likeness (QED) is 0.809. The summed E-state index contributed by atoms with van der Waals surface area (Å²) in [6.07, 6.45) is 3.30. The topological polar surface area (TPSA) is 36.7 Å². The van der Waals surface area contributed by atoms with E-state index < -0.39 is 0 Å². The van der Waals surface area contributed by atoms with Crippen molar-refractivity contribution in [3.8, 4) is 11.3 Å². The molecule has 120 valence electrons. The minimum atomic E-state index is 0.0301. The van der Waals surface area contributed by atoms with Crippen LogP contribution in [-0.4, -0.2) is 48.9 Å². The lowest BCUT2D eigenvalue weighted by molar-refractivity contribution is -0.127. The highest BCUT2D eigenvalue weighted by Crippen LogP contribution is 2.24. The normalized spacial score (nSPS) is 16.2. The molecule has 3 rings (SSSR count). The molecule has 2 aromatic rings. The number of benzene rings is 1. The standard InChI is InChI=1S/C18H19ClN2O2/c1-20-10-12-21(13-11-20)18(22)9-7-16-6-8-17(23-16)14-2-4-15(19)5-3-14/h2-9H,10-13H2,1H3/b9-7+. The number of likely N-dealkylation sites (N-methyl/N-ethyl adjacent to an activating group) is 1. The van der Waals surface area contributed by atoms with Crippen molar-refractivity contribution in [3.63, 3.8) is 0 Å². The van der Waals surface area contributed by atoms with Gasteiger partial charge in [-0.25, -0.2) is 0 Å². The fraction of sp³-hybridized carbons (Fsp3) is 0.278. The van der Waals surface area contributed by atoms with Crippen molar-refractivity contribution < 1.29 is 9.21 Å². The van der Waals surface area contributed by atoms with Gasteiger partial charge >= 0.3 is 0 Å². The van der Waals surface area contributed by atoms with Crippen LogP contribution in [0.25, 0.3) is 17.4 Å². The monoisotopic (exact) mass is 330 g/mol. The molecule has 1 saturated heterocycles. The van der Waals surface area contributed by atoms with Crippen LogP contribution in [0.15, 0.2) is 46.9 Å². The van der Waals surface area contributed by atoms with E-state index in [1.165, 1.54) is 0 Å². The van der Waals surface area contributed by atoms with Crippen LogP contribution in [-0.2, 0) is 4.79 Å². The Labute approximate surface area is 140 Å². The maximum atomic E-state index is 12.2. The van der Waals surface area contributed by atoms with Crippen molar-refractivity contribution in [2.24, 2.45) is 0 Å². The van der Waals surface area contributed by atoms with Crippen LogP contribution in [0.2, 0.25) is 5.02 Å². The molecule has 0 atom stereocenters. The van der Waals surface area contributed by atoms with Gasteiger partial charge in [-0.15, -0.1) is 0 Å². The summed E-state index contributed by atoms with van der Waals surface area (Å²) >= 11 is 5.88. The molecule has 0 spiro atoms. The third-order valence-corrected chi connectivity index (χ3v) is 4.21. The molecule has 1 aliphatic rings. The SMILES string of the molecule is CN1CCN(C(=O)/C=C/c2ccc(-c3ccc(Cl)cc3)o2)CC1. The maximum absolute atomic E-state index is 12.2. The Hall–Kier alpha value is -2.04. The van der Waals surface area contributed by atoms with Gasteiger partial charge in [0, 0.05) is 42.8 Å². The summed E-state index contributed by atoms with van der Waals surface area (Å²) < 4.78 is 5.76. The van der Waals surface area contributed by atoms with Crippen LogP contribution in [0.3, 0.4) is 0 Å². The van der Waals surface area contributed by atoms with Gasteiger partial charge in [-0.3, -0.25) is 4.79 Å². The molecule has 0 radical (unpaired) electrons. The first-order valence-corrected chi connectivity index (χ1v) is 8.01. The molecule has 0 N–H and O–H groups in total. The first kappa shape index (κ1) is 15.8. The predicted molar refractivity (Wildman–Crippen MR) is 92.3 cm³/mol. The number of rotatable bonds is 3. The number of furan rings is 1. The third-order valence-electron chi connectivity index (χ3n) is 3.96. The van der Waals surface area contributed by atoms with Crippen LogP contribution in [0.5, 0.6) is 0 Å². The number of hydrogen-bond donors (Lipinski definition) is 0. The Balaban J connectivity index is 1.64. The van der Waals surface area contributed by atoms with E-state index >= 15 is 0 Å². The molecule has 4 nitrogen and oxygen atoms in total. The zero-order valence-corrected chi connectivity index (χ0v) is 13.8. The molecule has 0 unspecified atom stereocenters. The number of carbonyl (C=O) groups excluding carboxylic acids is 1. The maximum Gasteiger partial charge on any atom is 0.246 e. The fourth-order valence-electron chi connectivity index (χ4n) is 2.50. The van der Waals surface area contributed by atoms with Crippen LogP contribution >= 0.6 is 11.6 Å². The number of piperazine rings is 1. The number of hydrogen-bond acceptors (Lipinski definition) is 3. The van der Waals surface area contributed by atoms with E-state index in [4.69, 9.17) is 16.0 Å². The lowest BCUT2D eigenvalue weighted by Gasteiger charge is -2.31. The molecule has 1 aromatic heterocycles. The molecule has 5 heteroatoms. The number of halogens is 1. The van der Waals surface area contributed by atoms with E-state index in [1.54, 1.807) is 12.2 Å². The van der Waals surface area contributed by atoms with Gasteiger partial charge in [-0.2, -0.15) is 0 Å². The van der Waals surface area contributed by atoms with Crippen LogP contribution in [0.4, 0.5) is 0 Å². The number of amides is 1. The van der Waals surface area contributed by atoms with Crippen molar-refractivity contribution in [2.45, 2.75) is 0 Å². The second-order valence-electron chi connectivity index (χ2n) is 5.67. The lowest BCUT2D eigenvalue weighted by Crippen LogP contribution is -2.46. The van der Waals surface area contributed by atoms with Gasteiger partial charge in [0.1, 0.15) is 11.5 Å². The van der Waals surface area contributed by atoms with Gasteiger partial charge in [-0.1, -0.05) is 11.6 Å². The van der Waals surface area contributed by atoms with Crippen molar-refractivity contribution in [1.82, 2.24) is 9.80 Å². The summed E-state index contributed by atoms with van der Waals surface area (Å²) in [5, 5.41) is 0.693. The van der Waals surface area contributed by atoms with E-state index in [2.05, 4.69) is 11.9 Å². The van der Waals surface area contributed by atoms with Gasteiger partial charge in [-0.05, 0) is 49.5 Å². The third kappa shape index (κ3) is 4.03. The van der Waals surface area contributed by atoms with Gasteiger partial charge in [0.05, 0.1) is 0 Å². The highest BCUT2D eigenvalue weighted by molar-refractivity contribution is 6.30. The zero-order valence-electron chi connectivity index (χ0n) is 13.0. The Morgan fingerprint density at radius 3 is 2.48 bits per heavy atom. The van der Waals surface area contributed by atoms with Crippen molar-refractivity contribution in [1.29, 1.82) is 0 Å². The average molecular weight is 331 g/mol. The van der Waals surface area contributed by atoms with Crippen LogP contribution < -0.4 is 0 Å². The fourth-order valence-corrected chi connectivity index (χ4v) is 2.62. The Morgan fingerprint density at radius 1 is 1.09 bits per heavy atom. The Bertz CT molecular complexity index is 698. The summed E-state index contributed by atoms with van der Waals surface area (Å²) in [5.41, 5.74) is 0.958. The number of nitrogens with zero attached hydrogens (tertiary/aromatic N) is 2. The van der Waals surface area contributed by atoms with Crippen LogP contribution in [0.1, 0.15) is 5.76 Å². The Morgan fingerprint density at radius 2 is 1.78 bits per heavy atom. The molecule has 1 aromatic carbocycles. The first-order chi connectivity index (χ1) is 11.1. The van der Waals surface area contributed by atoms with E-state index in [1.807, 2.05) is 41.3 Å². The highest BCUT2D eigenvalue weighted by Gasteiger charge is 2.16.